The second-order valence-electron chi connectivity index (χ2n) is 3.18. The van der Waals surface area contributed by atoms with Crippen LogP contribution < -0.4 is 4.90 Å². The number of rotatable bonds is 4. The van der Waals surface area contributed by atoms with Crippen LogP contribution >= 0.6 is 0 Å². The number of aliphatic carboxylic acids is 1. The molecule has 1 unspecified atom stereocenters. The molecule has 1 atom stereocenters. The minimum Gasteiger partial charge on any atom is -0.480 e. The lowest BCUT2D eigenvalue weighted by Gasteiger charge is -2.26. The number of nitrogens with zero attached hydrogens (tertiary/aromatic N) is 1. The summed E-state index contributed by atoms with van der Waals surface area (Å²) < 4.78 is 0. The van der Waals surface area contributed by atoms with Crippen LogP contribution in [-0.4, -0.2) is 23.7 Å². The van der Waals surface area contributed by atoms with Gasteiger partial charge in [0, 0.05) is 5.69 Å². The smallest absolute Gasteiger partial charge is 0.326 e. The Morgan fingerprint density at radius 2 is 2.13 bits per heavy atom. The van der Waals surface area contributed by atoms with Crippen molar-refractivity contribution in [3.8, 4) is 12.3 Å². The van der Waals surface area contributed by atoms with Gasteiger partial charge < -0.3 is 10.0 Å². The highest BCUT2D eigenvalue weighted by atomic mass is 16.4. The van der Waals surface area contributed by atoms with Crippen molar-refractivity contribution in [2.24, 2.45) is 0 Å². The van der Waals surface area contributed by atoms with Crippen molar-refractivity contribution in [2.45, 2.75) is 13.0 Å². The molecule has 1 aromatic rings. The van der Waals surface area contributed by atoms with Crippen molar-refractivity contribution >= 4 is 11.7 Å². The molecule has 0 aromatic heterocycles. The normalized spacial score (nSPS) is 11.5. The number of terminal acetylenes is 1. The predicted octanol–water partition coefficient (Wildman–Crippen LogP) is 1.60. The lowest BCUT2D eigenvalue weighted by atomic mass is 10.2. The average molecular weight is 203 g/mol. The average Bonchev–Trinajstić information content (AvgIpc) is 2.26. The fraction of sp³-hybridized carbons (Fsp3) is 0.250. The number of anilines is 1. The van der Waals surface area contributed by atoms with Gasteiger partial charge in [-0.15, -0.1) is 6.42 Å². The van der Waals surface area contributed by atoms with E-state index in [0.717, 1.165) is 5.69 Å². The van der Waals surface area contributed by atoms with Gasteiger partial charge in [-0.2, -0.15) is 0 Å². The number of para-hydroxylation sites is 1. The van der Waals surface area contributed by atoms with Gasteiger partial charge in [0.05, 0.1) is 6.54 Å². The Morgan fingerprint density at radius 1 is 1.53 bits per heavy atom. The molecule has 0 spiro atoms. The Balaban J connectivity index is 2.94. The van der Waals surface area contributed by atoms with E-state index in [1.807, 2.05) is 30.3 Å². The Labute approximate surface area is 89.3 Å². The first-order valence-corrected chi connectivity index (χ1v) is 4.64. The fourth-order valence-electron chi connectivity index (χ4n) is 1.30. The van der Waals surface area contributed by atoms with Gasteiger partial charge in [-0.1, -0.05) is 24.1 Å². The number of hydrogen-bond acceptors (Lipinski definition) is 2. The van der Waals surface area contributed by atoms with E-state index in [4.69, 9.17) is 11.5 Å². The van der Waals surface area contributed by atoms with Crippen molar-refractivity contribution in [1.82, 2.24) is 0 Å². The third-order valence-electron chi connectivity index (χ3n) is 2.17. The summed E-state index contributed by atoms with van der Waals surface area (Å²) in [6.07, 6.45) is 5.22. The van der Waals surface area contributed by atoms with E-state index in [2.05, 4.69) is 5.92 Å². The Kier molecular flexibility index (Phi) is 3.75. The maximum absolute atomic E-state index is 10.9. The van der Waals surface area contributed by atoms with Crippen LogP contribution in [0, 0.1) is 12.3 Å². The number of carboxylic acids is 1. The van der Waals surface area contributed by atoms with Crippen LogP contribution in [0.3, 0.4) is 0 Å². The Morgan fingerprint density at radius 3 is 2.60 bits per heavy atom. The Bertz CT molecular complexity index is 367. The summed E-state index contributed by atoms with van der Waals surface area (Å²) in [5.74, 6) is 1.58. The van der Waals surface area contributed by atoms with Crippen LogP contribution in [0.2, 0.25) is 0 Å². The summed E-state index contributed by atoms with van der Waals surface area (Å²) in [6.45, 7) is 1.91. The summed E-state index contributed by atoms with van der Waals surface area (Å²) >= 11 is 0. The molecule has 0 saturated carbocycles. The second kappa shape index (κ2) is 5.06. The van der Waals surface area contributed by atoms with E-state index >= 15 is 0 Å². The highest BCUT2D eigenvalue weighted by Crippen LogP contribution is 2.15. The van der Waals surface area contributed by atoms with E-state index in [-0.39, 0.29) is 6.54 Å². The van der Waals surface area contributed by atoms with Crippen molar-refractivity contribution in [2.75, 3.05) is 11.4 Å². The molecular formula is C12H13NO2. The molecule has 3 nitrogen and oxygen atoms in total. The van der Waals surface area contributed by atoms with Gasteiger partial charge in [-0.3, -0.25) is 0 Å². The molecular weight excluding hydrogens is 190 g/mol. The lowest BCUT2D eigenvalue weighted by Crippen LogP contribution is -2.39. The van der Waals surface area contributed by atoms with Gasteiger partial charge in [0.1, 0.15) is 6.04 Å². The summed E-state index contributed by atoms with van der Waals surface area (Å²) in [4.78, 5) is 12.5. The first-order chi connectivity index (χ1) is 7.16. The van der Waals surface area contributed by atoms with Crippen molar-refractivity contribution in [1.29, 1.82) is 0 Å². The molecule has 0 saturated heterocycles. The van der Waals surface area contributed by atoms with Gasteiger partial charge in [-0.25, -0.2) is 4.79 Å². The topological polar surface area (TPSA) is 40.5 Å². The monoisotopic (exact) mass is 203 g/mol. The van der Waals surface area contributed by atoms with E-state index < -0.39 is 12.0 Å². The van der Waals surface area contributed by atoms with Gasteiger partial charge >= 0.3 is 5.97 Å². The second-order valence-corrected chi connectivity index (χ2v) is 3.18. The fourth-order valence-corrected chi connectivity index (χ4v) is 1.30. The molecule has 0 aliphatic carbocycles. The van der Waals surface area contributed by atoms with Gasteiger partial charge in [-0.05, 0) is 19.1 Å². The molecule has 1 N–H and O–H groups in total. The summed E-state index contributed by atoms with van der Waals surface area (Å²) in [7, 11) is 0. The molecule has 3 heteroatoms. The molecule has 0 heterocycles. The zero-order chi connectivity index (χ0) is 11.3. The molecule has 78 valence electrons. The van der Waals surface area contributed by atoms with Crippen molar-refractivity contribution < 1.29 is 9.90 Å². The number of benzene rings is 1. The lowest BCUT2D eigenvalue weighted by molar-refractivity contribution is -0.138. The van der Waals surface area contributed by atoms with E-state index in [1.54, 1.807) is 11.8 Å². The Hall–Kier alpha value is -1.95. The van der Waals surface area contributed by atoms with E-state index in [0.29, 0.717) is 0 Å². The summed E-state index contributed by atoms with van der Waals surface area (Å²) in [6, 6.07) is 8.65. The standard InChI is InChI=1S/C12H13NO2/c1-3-9-13(10(2)12(14)15)11-7-5-4-6-8-11/h1,4-8,10H,9H2,2H3,(H,14,15). The zero-order valence-electron chi connectivity index (χ0n) is 8.55. The molecule has 0 aliphatic heterocycles. The number of carboxylic acid groups (broad SMARTS) is 1. The first-order valence-electron chi connectivity index (χ1n) is 4.64. The van der Waals surface area contributed by atoms with Gasteiger partial charge in [0.25, 0.3) is 0 Å². The van der Waals surface area contributed by atoms with Gasteiger partial charge in [0.15, 0.2) is 0 Å². The molecule has 1 aromatic carbocycles. The van der Waals surface area contributed by atoms with Crippen LogP contribution in [0.25, 0.3) is 0 Å². The SMILES string of the molecule is C#CCN(c1ccccc1)C(C)C(=O)O. The van der Waals surface area contributed by atoms with E-state index in [9.17, 15) is 4.79 Å². The first kappa shape index (κ1) is 11.1. The van der Waals surface area contributed by atoms with Crippen LogP contribution in [0.5, 0.6) is 0 Å². The van der Waals surface area contributed by atoms with Crippen LogP contribution in [0.1, 0.15) is 6.92 Å². The molecule has 15 heavy (non-hydrogen) atoms. The van der Waals surface area contributed by atoms with Gasteiger partial charge in [0.2, 0.25) is 0 Å². The maximum Gasteiger partial charge on any atom is 0.326 e. The van der Waals surface area contributed by atoms with Crippen LogP contribution in [-0.2, 0) is 4.79 Å². The molecule has 1 rings (SSSR count). The highest BCUT2D eigenvalue weighted by Gasteiger charge is 2.19. The molecule has 0 aliphatic rings. The van der Waals surface area contributed by atoms with Crippen LogP contribution in [0.15, 0.2) is 30.3 Å². The zero-order valence-corrected chi connectivity index (χ0v) is 8.55. The third-order valence-corrected chi connectivity index (χ3v) is 2.17. The maximum atomic E-state index is 10.9. The number of carbonyl (C=O) groups is 1. The molecule has 0 bridgehead atoms. The molecule has 0 fully saturated rings. The quantitative estimate of drug-likeness (QED) is 0.755. The highest BCUT2D eigenvalue weighted by molar-refractivity contribution is 5.77. The number of hydrogen-bond donors (Lipinski definition) is 1. The van der Waals surface area contributed by atoms with E-state index in [1.165, 1.54) is 0 Å². The third kappa shape index (κ3) is 2.75. The van der Waals surface area contributed by atoms with Crippen molar-refractivity contribution in [3.05, 3.63) is 30.3 Å². The minimum atomic E-state index is -0.880. The predicted molar refractivity (Wildman–Crippen MR) is 59.7 cm³/mol. The largest absolute Gasteiger partial charge is 0.480 e. The van der Waals surface area contributed by atoms with Crippen molar-refractivity contribution in [3.63, 3.8) is 0 Å². The summed E-state index contributed by atoms with van der Waals surface area (Å²) in [5, 5.41) is 8.93. The molecule has 0 amide bonds. The minimum absolute atomic E-state index is 0.289. The van der Waals surface area contributed by atoms with Crippen LogP contribution in [0.4, 0.5) is 5.69 Å². The summed E-state index contributed by atoms with van der Waals surface area (Å²) in [5.41, 5.74) is 0.824. The molecule has 0 radical (unpaired) electrons.